The summed E-state index contributed by atoms with van der Waals surface area (Å²) in [6.45, 7) is 7.66. The van der Waals surface area contributed by atoms with E-state index in [2.05, 4.69) is 53.7 Å². The van der Waals surface area contributed by atoms with Crippen LogP contribution in [0.2, 0.25) is 0 Å². The van der Waals surface area contributed by atoms with Crippen LogP contribution in [-0.2, 0) is 6.54 Å². The maximum atomic E-state index is 4.79. The second-order valence-corrected chi connectivity index (χ2v) is 6.52. The predicted octanol–water partition coefficient (Wildman–Crippen LogP) is 2.99. The summed E-state index contributed by atoms with van der Waals surface area (Å²) >= 11 is 1.77. The van der Waals surface area contributed by atoms with E-state index in [1.54, 1.807) is 11.3 Å². The van der Waals surface area contributed by atoms with Gasteiger partial charge in [0, 0.05) is 36.1 Å². The molecule has 1 N–H and O–H groups in total. The standard InChI is InChI=1S/C16H21N3S/c1-12-9-19(13(2)8-17-12)10-16-18-15(11-20-16)14-6-4-3-5-7-14/h3-7,11-13,17H,8-10H2,1-2H3. The summed E-state index contributed by atoms with van der Waals surface area (Å²) in [5.41, 5.74) is 2.30. The molecule has 1 aliphatic rings. The van der Waals surface area contributed by atoms with Gasteiger partial charge >= 0.3 is 0 Å². The van der Waals surface area contributed by atoms with Crippen molar-refractivity contribution in [2.24, 2.45) is 0 Å². The monoisotopic (exact) mass is 287 g/mol. The van der Waals surface area contributed by atoms with E-state index in [9.17, 15) is 0 Å². The number of aromatic nitrogens is 1. The van der Waals surface area contributed by atoms with Crippen molar-refractivity contribution in [1.82, 2.24) is 15.2 Å². The largest absolute Gasteiger partial charge is 0.311 e. The minimum absolute atomic E-state index is 0.569. The molecule has 2 atom stereocenters. The van der Waals surface area contributed by atoms with Crippen molar-refractivity contribution in [2.45, 2.75) is 32.5 Å². The SMILES string of the molecule is CC1CN(Cc2nc(-c3ccccc3)cs2)C(C)CN1. The fourth-order valence-electron chi connectivity index (χ4n) is 2.62. The molecular weight excluding hydrogens is 266 g/mol. The molecule has 0 bridgehead atoms. The highest BCUT2D eigenvalue weighted by Crippen LogP contribution is 2.23. The van der Waals surface area contributed by atoms with Gasteiger partial charge in [-0.3, -0.25) is 4.90 Å². The molecule has 3 nitrogen and oxygen atoms in total. The molecular formula is C16H21N3S. The van der Waals surface area contributed by atoms with Gasteiger partial charge in [-0.25, -0.2) is 4.98 Å². The van der Waals surface area contributed by atoms with Gasteiger partial charge in [-0.1, -0.05) is 30.3 Å². The molecule has 106 valence electrons. The third-order valence-electron chi connectivity index (χ3n) is 3.85. The van der Waals surface area contributed by atoms with Crippen LogP contribution in [0.5, 0.6) is 0 Å². The zero-order chi connectivity index (χ0) is 13.9. The van der Waals surface area contributed by atoms with Crippen molar-refractivity contribution in [3.05, 3.63) is 40.7 Å². The first-order valence-electron chi connectivity index (χ1n) is 7.19. The molecule has 2 aromatic rings. The molecule has 1 saturated heterocycles. The predicted molar refractivity (Wildman–Crippen MR) is 84.9 cm³/mol. The number of rotatable bonds is 3. The fraction of sp³-hybridized carbons (Fsp3) is 0.438. The highest BCUT2D eigenvalue weighted by atomic mass is 32.1. The van der Waals surface area contributed by atoms with Crippen molar-refractivity contribution >= 4 is 11.3 Å². The van der Waals surface area contributed by atoms with Gasteiger partial charge in [-0.15, -0.1) is 11.3 Å². The maximum absolute atomic E-state index is 4.79. The Morgan fingerprint density at radius 2 is 2.10 bits per heavy atom. The van der Waals surface area contributed by atoms with Crippen molar-refractivity contribution in [2.75, 3.05) is 13.1 Å². The van der Waals surface area contributed by atoms with Gasteiger partial charge in [0.2, 0.25) is 0 Å². The summed E-state index contributed by atoms with van der Waals surface area (Å²) in [7, 11) is 0. The minimum Gasteiger partial charge on any atom is -0.311 e. The van der Waals surface area contributed by atoms with Crippen LogP contribution in [0.4, 0.5) is 0 Å². The van der Waals surface area contributed by atoms with E-state index in [1.807, 2.05) is 6.07 Å². The number of hydrogen-bond donors (Lipinski definition) is 1. The number of thiazole rings is 1. The lowest BCUT2D eigenvalue weighted by Gasteiger charge is -2.36. The lowest BCUT2D eigenvalue weighted by molar-refractivity contribution is 0.139. The summed E-state index contributed by atoms with van der Waals surface area (Å²) in [5, 5.41) is 6.90. The summed E-state index contributed by atoms with van der Waals surface area (Å²) in [5.74, 6) is 0. The van der Waals surface area contributed by atoms with Crippen molar-refractivity contribution in [1.29, 1.82) is 0 Å². The molecule has 0 aliphatic carbocycles. The first kappa shape index (κ1) is 13.7. The summed E-state index contributed by atoms with van der Waals surface area (Å²) in [4.78, 5) is 7.31. The third kappa shape index (κ3) is 3.08. The van der Waals surface area contributed by atoms with Gasteiger partial charge in [0.25, 0.3) is 0 Å². The van der Waals surface area contributed by atoms with Gasteiger partial charge in [0.05, 0.1) is 12.2 Å². The quantitative estimate of drug-likeness (QED) is 0.940. The molecule has 1 aromatic carbocycles. The van der Waals surface area contributed by atoms with E-state index in [0.717, 1.165) is 25.3 Å². The Morgan fingerprint density at radius 1 is 1.30 bits per heavy atom. The first-order chi connectivity index (χ1) is 9.72. The molecule has 0 amide bonds. The average Bonchev–Trinajstić information content (AvgIpc) is 2.92. The number of benzene rings is 1. The molecule has 3 rings (SSSR count). The van der Waals surface area contributed by atoms with Crippen molar-refractivity contribution in [3.8, 4) is 11.3 Å². The number of hydrogen-bond acceptors (Lipinski definition) is 4. The Bertz CT molecular complexity index is 552. The zero-order valence-corrected chi connectivity index (χ0v) is 12.9. The first-order valence-corrected chi connectivity index (χ1v) is 8.07. The Balaban J connectivity index is 1.71. The maximum Gasteiger partial charge on any atom is 0.107 e. The molecule has 20 heavy (non-hydrogen) atoms. The molecule has 0 radical (unpaired) electrons. The summed E-state index contributed by atoms with van der Waals surface area (Å²) in [6.07, 6.45) is 0. The Morgan fingerprint density at radius 3 is 2.90 bits per heavy atom. The molecule has 1 aliphatic heterocycles. The zero-order valence-electron chi connectivity index (χ0n) is 12.0. The molecule has 1 aromatic heterocycles. The van der Waals surface area contributed by atoms with Gasteiger partial charge in [-0.05, 0) is 13.8 Å². The molecule has 0 saturated carbocycles. The van der Waals surface area contributed by atoms with Gasteiger partial charge < -0.3 is 5.32 Å². The Hall–Kier alpha value is -1.23. The second kappa shape index (κ2) is 6.04. The Labute approximate surface area is 124 Å². The van der Waals surface area contributed by atoms with E-state index in [-0.39, 0.29) is 0 Å². The van der Waals surface area contributed by atoms with Crippen molar-refractivity contribution < 1.29 is 0 Å². The molecule has 1 fully saturated rings. The van der Waals surface area contributed by atoms with E-state index >= 15 is 0 Å². The van der Waals surface area contributed by atoms with Crippen LogP contribution < -0.4 is 5.32 Å². The van der Waals surface area contributed by atoms with E-state index in [1.165, 1.54) is 10.6 Å². The lowest BCUT2D eigenvalue weighted by atomic mass is 10.1. The van der Waals surface area contributed by atoms with E-state index in [4.69, 9.17) is 4.98 Å². The number of piperazine rings is 1. The highest BCUT2D eigenvalue weighted by Gasteiger charge is 2.23. The van der Waals surface area contributed by atoms with Gasteiger partial charge in [0.1, 0.15) is 5.01 Å². The van der Waals surface area contributed by atoms with Crippen LogP contribution >= 0.6 is 11.3 Å². The van der Waals surface area contributed by atoms with Crippen LogP contribution in [0.25, 0.3) is 11.3 Å². The normalized spacial score (nSPS) is 23.9. The minimum atomic E-state index is 0.569. The van der Waals surface area contributed by atoms with Gasteiger partial charge in [0.15, 0.2) is 0 Å². The molecule has 4 heteroatoms. The van der Waals surface area contributed by atoms with Crippen LogP contribution in [0.1, 0.15) is 18.9 Å². The number of nitrogens with zero attached hydrogens (tertiary/aromatic N) is 2. The number of nitrogens with one attached hydrogen (secondary N) is 1. The van der Waals surface area contributed by atoms with Crippen LogP contribution in [-0.4, -0.2) is 35.1 Å². The Kier molecular flexibility index (Phi) is 4.15. The van der Waals surface area contributed by atoms with Crippen molar-refractivity contribution in [3.63, 3.8) is 0 Å². The fourth-order valence-corrected chi connectivity index (χ4v) is 3.44. The summed E-state index contributed by atoms with van der Waals surface area (Å²) < 4.78 is 0. The summed E-state index contributed by atoms with van der Waals surface area (Å²) in [6, 6.07) is 11.6. The van der Waals surface area contributed by atoms with Crippen LogP contribution in [0, 0.1) is 0 Å². The highest BCUT2D eigenvalue weighted by molar-refractivity contribution is 7.09. The second-order valence-electron chi connectivity index (χ2n) is 5.58. The lowest BCUT2D eigenvalue weighted by Crippen LogP contribution is -2.53. The smallest absolute Gasteiger partial charge is 0.107 e. The van der Waals surface area contributed by atoms with Crippen LogP contribution in [0.15, 0.2) is 35.7 Å². The molecule has 0 spiro atoms. The average molecular weight is 287 g/mol. The van der Waals surface area contributed by atoms with Gasteiger partial charge in [-0.2, -0.15) is 0 Å². The van der Waals surface area contributed by atoms with E-state index < -0.39 is 0 Å². The van der Waals surface area contributed by atoms with Crippen LogP contribution in [0.3, 0.4) is 0 Å². The topological polar surface area (TPSA) is 28.2 Å². The molecule has 2 unspecified atom stereocenters. The molecule has 2 heterocycles. The van der Waals surface area contributed by atoms with E-state index in [0.29, 0.717) is 12.1 Å². The third-order valence-corrected chi connectivity index (χ3v) is 4.69.